The van der Waals surface area contributed by atoms with Gasteiger partial charge in [-0.3, -0.25) is 9.59 Å². The number of benzene rings is 2. The second-order valence-corrected chi connectivity index (χ2v) is 8.75. The SMILES string of the molecule is O=C(CCc1ccc(OC(F)(F)F)cc1)N1C[C@@H]2CN(C(=O)c3ccc4n[nH]nc4c3)C[C@H]2C1. The molecule has 3 aromatic rings. The van der Waals surface area contributed by atoms with E-state index in [1.54, 1.807) is 18.2 Å². The summed E-state index contributed by atoms with van der Waals surface area (Å²) in [5, 5.41) is 10.6. The van der Waals surface area contributed by atoms with Crippen molar-refractivity contribution in [1.82, 2.24) is 25.2 Å². The Morgan fingerprint density at radius 3 is 2.26 bits per heavy atom. The van der Waals surface area contributed by atoms with Crippen molar-refractivity contribution in [1.29, 1.82) is 0 Å². The Morgan fingerprint density at radius 1 is 0.941 bits per heavy atom. The molecular formula is C23H22F3N5O3. The lowest BCUT2D eigenvalue weighted by Crippen LogP contribution is -2.35. The Bertz CT molecular complexity index is 1200. The minimum Gasteiger partial charge on any atom is -0.406 e. The highest BCUT2D eigenvalue weighted by atomic mass is 19.4. The van der Waals surface area contributed by atoms with E-state index in [1.807, 2.05) is 9.80 Å². The van der Waals surface area contributed by atoms with E-state index in [-0.39, 0.29) is 35.8 Å². The lowest BCUT2D eigenvalue weighted by Gasteiger charge is -2.22. The number of halogens is 3. The van der Waals surface area contributed by atoms with Gasteiger partial charge in [0, 0.05) is 50.0 Å². The lowest BCUT2D eigenvalue weighted by molar-refractivity contribution is -0.274. The molecule has 5 rings (SSSR count). The number of H-pyrrole nitrogens is 1. The second-order valence-electron chi connectivity index (χ2n) is 8.75. The molecule has 34 heavy (non-hydrogen) atoms. The Kier molecular flexibility index (Phi) is 5.62. The molecule has 0 bridgehead atoms. The number of rotatable bonds is 5. The Labute approximate surface area is 192 Å². The minimum atomic E-state index is -4.73. The zero-order valence-corrected chi connectivity index (χ0v) is 18.1. The summed E-state index contributed by atoms with van der Waals surface area (Å²) in [4.78, 5) is 29.3. The smallest absolute Gasteiger partial charge is 0.406 e. The molecule has 2 fully saturated rings. The van der Waals surface area contributed by atoms with Gasteiger partial charge in [-0.2, -0.15) is 15.4 Å². The van der Waals surface area contributed by atoms with Crippen LogP contribution in [0, 0.1) is 11.8 Å². The maximum atomic E-state index is 12.9. The van der Waals surface area contributed by atoms with Gasteiger partial charge in [-0.1, -0.05) is 12.1 Å². The van der Waals surface area contributed by atoms with Gasteiger partial charge in [0.25, 0.3) is 5.91 Å². The average molecular weight is 473 g/mol. The fourth-order valence-electron chi connectivity index (χ4n) is 4.79. The number of carbonyl (C=O) groups is 2. The van der Waals surface area contributed by atoms with Crippen molar-refractivity contribution < 1.29 is 27.5 Å². The van der Waals surface area contributed by atoms with Crippen LogP contribution in [0.2, 0.25) is 0 Å². The van der Waals surface area contributed by atoms with Gasteiger partial charge in [0.1, 0.15) is 16.8 Å². The highest BCUT2D eigenvalue weighted by Crippen LogP contribution is 2.32. The molecule has 11 heteroatoms. The van der Waals surface area contributed by atoms with Crippen molar-refractivity contribution in [3.63, 3.8) is 0 Å². The molecule has 2 aliphatic rings. The van der Waals surface area contributed by atoms with Crippen LogP contribution in [0.25, 0.3) is 11.0 Å². The number of nitrogens with zero attached hydrogens (tertiary/aromatic N) is 4. The number of carbonyl (C=O) groups excluding carboxylic acids is 2. The maximum absolute atomic E-state index is 12.9. The van der Waals surface area contributed by atoms with Crippen LogP contribution in [0.3, 0.4) is 0 Å². The summed E-state index contributed by atoms with van der Waals surface area (Å²) in [6, 6.07) is 10.8. The Balaban J connectivity index is 1.11. The van der Waals surface area contributed by atoms with Crippen LogP contribution in [0.4, 0.5) is 13.2 Å². The van der Waals surface area contributed by atoms with Crippen molar-refractivity contribution in [3.05, 3.63) is 53.6 Å². The van der Waals surface area contributed by atoms with Gasteiger partial charge < -0.3 is 14.5 Å². The molecule has 0 saturated carbocycles. The number of likely N-dealkylation sites (tertiary alicyclic amines) is 2. The largest absolute Gasteiger partial charge is 0.573 e. The number of aromatic nitrogens is 3. The third-order valence-electron chi connectivity index (χ3n) is 6.47. The zero-order valence-electron chi connectivity index (χ0n) is 18.1. The first-order valence-electron chi connectivity index (χ1n) is 11.0. The molecule has 2 amide bonds. The highest BCUT2D eigenvalue weighted by molar-refractivity contribution is 5.97. The summed E-state index contributed by atoms with van der Waals surface area (Å²) >= 11 is 0. The molecule has 2 aromatic carbocycles. The summed E-state index contributed by atoms with van der Waals surface area (Å²) in [6.07, 6.45) is -4.01. The quantitative estimate of drug-likeness (QED) is 0.615. The van der Waals surface area contributed by atoms with E-state index in [0.717, 1.165) is 5.56 Å². The predicted octanol–water partition coefficient (Wildman–Crippen LogP) is 3.02. The number of nitrogens with one attached hydrogen (secondary N) is 1. The molecule has 0 unspecified atom stereocenters. The summed E-state index contributed by atoms with van der Waals surface area (Å²) < 4.78 is 40.7. The topological polar surface area (TPSA) is 91.4 Å². The molecule has 3 heterocycles. The number of amides is 2. The van der Waals surface area contributed by atoms with Gasteiger partial charge in [0.2, 0.25) is 5.91 Å². The molecule has 2 aliphatic heterocycles. The molecule has 1 aromatic heterocycles. The van der Waals surface area contributed by atoms with E-state index in [0.29, 0.717) is 49.2 Å². The third kappa shape index (κ3) is 4.68. The summed E-state index contributed by atoms with van der Waals surface area (Å²) in [6.45, 7) is 2.41. The second kappa shape index (κ2) is 8.62. The molecule has 2 saturated heterocycles. The normalized spacial score (nSPS) is 20.1. The van der Waals surface area contributed by atoms with Crippen LogP contribution < -0.4 is 4.74 Å². The van der Waals surface area contributed by atoms with Gasteiger partial charge in [-0.15, -0.1) is 13.2 Å². The number of hydrogen-bond donors (Lipinski definition) is 1. The number of hydrogen-bond acceptors (Lipinski definition) is 5. The van der Waals surface area contributed by atoms with Gasteiger partial charge in [0.05, 0.1) is 0 Å². The van der Waals surface area contributed by atoms with E-state index in [4.69, 9.17) is 0 Å². The van der Waals surface area contributed by atoms with E-state index >= 15 is 0 Å². The lowest BCUT2D eigenvalue weighted by atomic mass is 10.0. The number of aromatic amines is 1. The molecule has 0 spiro atoms. The standard InChI is InChI=1S/C23H22F3N5O3/c24-23(25,26)34-18-5-1-14(2-6-18)3-8-21(32)30-10-16-12-31(13-17(16)11-30)22(33)15-4-7-19-20(9-15)28-29-27-19/h1-2,4-7,9,16-17H,3,8,10-13H2,(H,27,28,29)/t16-,17-/m1/s1. The van der Waals surface area contributed by atoms with Crippen LogP contribution in [-0.4, -0.2) is 69.6 Å². The van der Waals surface area contributed by atoms with E-state index in [9.17, 15) is 22.8 Å². The first-order valence-corrected chi connectivity index (χ1v) is 11.0. The summed E-state index contributed by atoms with van der Waals surface area (Å²) in [5.74, 6) is 0.162. The first-order chi connectivity index (χ1) is 16.2. The van der Waals surface area contributed by atoms with Gasteiger partial charge in [-0.05, 0) is 42.3 Å². The number of fused-ring (bicyclic) bond motifs is 2. The van der Waals surface area contributed by atoms with Crippen LogP contribution in [-0.2, 0) is 11.2 Å². The third-order valence-corrected chi connectivity index (χ3v) is 6.47. The van der Waals surface area contributed by atoms with Gasteiger partial charge >= 0.3 is 6.36 Å². The number of alkyl halides is 3. The number of ether oxygens (including phenoxy) is 1. The zero-order chi connectivity index (χ0) is 23.9. The molecule has 0 aliphatic carbocycles. The first kappa shape index (κ1) is 22.2. The highest BCUT2D eigenvalue weighted by Gasteiger charge is 2.43. The molecule has 1 N–H and O–H groups in total. The monoisotopic (exact) mass is 473 g/mol. The number of aryl methyl sites for hydroxylation is 1. The van der Waals surface area contributed by atoms with Crippen LogP contribution in [0.15, 0.2) is 42.5 Å². The Hall–Kier alpha value is -3.63. The predicted molar refractivity (Wildman–Crippen MR) is 115 cm³/mol. The fourth-order valence-corrected chi connectivity index (χ4v) is 4.79. The van der Waals surface area contributed by atoms with Crippen molar-refractivity contribution >= 4 is 22.8 Å². The van der Waals surface area contributed by atoms with Gasteiger partial charge in [0.15, 0.2) is 0 Å². The van der Waals surface area contributed by atoms with E-state index < -0.39 is 6.36 Å². The molecule has 2 atom stereocenters. The summed E-state index contributed by atoms with van der Waals surface area (Å²) in [5.41, 5.74) is 2.68. The molecular weight excluding hydrogens is 451 g/mol. The van der Waals surface area contributed by atoms with Crippen molar-refractivity contribution in [2.45, 2.75) is 19.2 Å². The summed E-state index contributed by atoms with van der Waals surface area (Å²) in [7, 11) is 0. The van der Waals surface area contributed by atoms with E-state index in [1.165, 1.54) is 24.3 Å². The van der Waals surface area contributed by atoms with Crippen LogP contribution in [0.1, 0.15) is 22.3 Å². The maximum Gasteiger partial charge on any atom is 0.573 e. The van der Waals surface area contributed by atoms with Crippen molar-refractivity contribution in [2.24, 2.45) is 11.8 Å². The average Bonchev–Trinajstić information content (AvgIpc) is 3.51. The molecule has 178 valence electrons. The van der Waals surface area contributed by atoms with Crippen molar-refractivity contribution in [2.75, 3.05) is 26.2 Å². The molecule has 8 nitrogen and oxygen atoms in total. The van der Waals surface area contributed by atoms with Crippen molar-refractivity contribution in [3.8, 4) is 5.75 Å². The fraction of sp³-hybridized carbons (Fsp3) is 0.391. The Morgan fingerprint density at radius 2 is 1.59 bits per heavy atom. The van der Waals surface area contributed by atoms with Crippen LogP contribution in [0.5, 0.6) is 5.75 Å². The molecule has 0 radical (unpaired) electrons. The van der Waals surface area contributed by atoms with E-state index in [2.05, 4.69) is 20.1 Å². The minimum absolute atomic E-state index is 0.0133. The van der Waals surface area contributed by atoms with Crippen LogP contribution >= 0.6 is 0 Å². The van der Waals surface area contributed by atoms with Gasteiger partial charge in [-0.25, -0.2) is 0 Å².